The number of piperazine rings is 1. The quantitative estimate of drug-likeness (QED) is 0.384. The summed E-state index contributed by atoms with van der Waals surface area (Å²) in [5, 5.41) is 16.3. The average molecular weight is 187 g/mol. The molecule has 1 heterocycles. The molecular formula is C7H13N3O3. The van der Waals surface area contributed by atoms with Gasteiger partial charge in [0.15, 0.2) is 0 Å². The van der Waals surface area contributed by atoms with Crippen LogP contribution in [0.2, 0.25) is 0 Å². The summed E-state index contributed by atoms with van der Waals surface area (Å²) in [4.78, 5) is 21.9. The monoisotopic (exact) mass is 187 g/mol. The van der Waals surface area contributed by atoms with E-state index in [-0.39, 0.29) is 37.6 Å². The minimum absolute atomic E-state index is 0.0786. The maximum atomic E-state index is 11.2. The van der Waals surface area contributed by atoms with Crippen molar-refractivity contribution in [3.05, 3.63) is 0 Å². The van der Waals surface area contributed by atoms with Crippen molar-refractivity contribution in [3.8, 4) is 0 Å². The van der Waals surface area contributed by atoms with Crippen LogP contribution in [0.1, 0.15) is 0 Å². The molecule has 0 saturated carbocycles. The maximum absolute atomic E-state index is 11.2. The smallest absolute Gasteiger partial charge is 0.239 e. The molecule has 1 saturated heterocycles. The Labute approximate surface area is 75.7 Å². The third-order valence-corrected chi connectivity index (χ3v) is 1.74. The molecular weight excluding hydrogens is 174 g/mol. The molecule has 1 fully saturated rings. The Morgan fingerprint density at radius 3 is 3.00 bits per heavy atom. The van der Waals surface area contributed by atoms with Crippen molar-refractivity contribution in [3.63, 3.8) is 0 Å². The van der Waals surface area contributed by atoms with Crippen LogP contribution in [0.5, 0.6) is 0 Å². The molecule has 1 unspecified atom stereocenters. The van der Waals surface area contributed by atoms with Gasteiger partial charge in [0.25, 0.3) is 0 Å². The fourth-order valence-corrected chi connectivity index (χ4v) is 1.05. The van der Waals surface area contributed by atoms with Crippen molar-refractivity contribution >= 4 is 11.8 Å². The number of aliphatic hydroxyl groups excluding tert-OH is 1. The molecule has 1 atom stereocenters. The summed E-state index contributed by atoms with van der Waals surface area (Å²) < 4.78 is 0. The largest absolute Gasteiger partial charge is 0.395 e. The highest BCUT2D eigenvalue weighted by Crippen LogP contribution is 1.87. The SMILES string of the molecule is O=C1CNC(C(=O)NCCO)CN1. The van der Waals surface area contributed by atoms with Crippen molar-refractivity contribution in [2.75, 3.05) is 26.2 Å². The van der Waals surface area contributed by atoms with Gasteiger partial charge in [-0.05, 0) is 0 Å². The van der Waals surface area contributed by atoms with Crippen LogP contribution in [0.3, 0.4) is 0 Å². The minimum Gasteiger partial charge on any atom is -0.395 e. The molecule has 0 radical (unpaired) electrons. The Morgan fingerprint density at radius 2 is 2.46 bits per heavy atom. The molecule has 0 aromatic heterocycles. The molecule has 0 bridgehead atoms. The van der Waals surface area contributed by atoms with Crippen molar-refractivity contribution in [1.29, 1.82) is 0 Å². The van der Waals surface area contributed by atoms with Gasteiger partial charge in [-0.2, -0.15) is 0 Å². The molecule has 0 aromatic carbocycles. The van der Waals surface area contributed by atoms with E-state index < -0.39 is 0 Å². The third kappa shape index (κ3) is 3.00. The average Bonchev–Trinajstić information content (AvgIpc) is 2.15. The Kier molecular flexibility index (Phi) is 3.66. The standard InChI is InChI=1S/C7H13N3O3/c11-2-1-8-7(13)5-3-10-6(12)4-9-5/h5,9,11H,1-4H2,(H,8,13)(H,10,12). The van der Waals surface area contributed by atoms with Crippen LogP contribution >= 0.6 is 0 Å². The number of rotatable bonds is 3. The molecule has 1 aliphatic rings. The summed E-state index contributed by atoms with van der Waals surface area (Å²) in [5.74, 6) is -0.305. The van der Waals surface area contributed by atoms with Gasteiger partial charge in [-0.1, -0.05) is 0 Å². The summed E-state index contributed by atoms with van der Waals surface area (Å²) in [7, 11) is 0. The van der Waals surface area contributed by atoms with Crippen LogP contribution < -0.4 is 16.0 Å². The molecule has 13 heavy (non-hydrogen) atoms. The predicted octanol–water partition coefficient (Wildman–Crippen LogP) is -2.82. The number of nitrogens with one attached hydrogen (secondary N) is 3. The van der Waals surface area contributed by atoms with Crippen molar-refractivity contribution < 1.29 is 14.7 Å². The maximum Gasteiger partial charge on any atom is 0.239 e. The first kappa shape index (κ1) is 9.94. The van der Waals surface area contributed by atoms with Crippen molar-refractivity contribution in [1.82, 2.24) is 16.0 Å². The fraction of sp³-hybridized carbons (Fsp3) is 0.714. The summed E-state index contributed by atoms with van der Waals surface area (Å²) in [6.07, 6.45) is 0. The lowest BCUT2D eigenvalue weighted by molar-refractivity contribution is -0.126. The minimum atomic E-state index is -0.385. The van der Waals surface area contributed by atoms with Crippen LogP contribution in [0, 0.1) is 0 Å². The van der Waals surface area contributed by atoms with Gasteiger partial charge in [0.1, 0.15) is 6.04 Å². The van der Waals surface area contributed by atoms with E-state index in [0.29, 0.717) is 6.54 Å². The normalized spacial score (nSPS) is 22.2. The Bertz CT molecular complexity index is 197. The van der Waals surface area contributed by atoms with Gasteiger partial charge < -0.3 is 15.7 Å². The first-order chi connectivity index (χ1) is 6.24. The van der Waals surface area contributed by atoms with Crippen LogP contribution in [0.25, 0.3) is 0 Å². The van der Waals surface area contributed by atoms with E-state index in [0.717, 1.165) is 0 Å². The lowest BCUT2D eigenvalue weighted by Gasteiger charge is -2.22. The topological polar surface area (TPSA) is 90.5 Å². The molecule has 0 aliphatic carbocycles. The third-order valence-electron chi connectivity index (χ3n) is 1.74. The van der Waals surface area contributed by atoms with Crippen LogP contribution in [0.15, 0.2) is 0 Å². The molecule has 0 spiro atoms. The zero-order valence-electron chi connectivity index (χ0n) is 7.17. The highest BCUT2D eigenvalue weighted by atomic mass is 16.3. The van der Waals surface area contributed by atoms with Gasteiger partial charge in [0, 0.05) is 13.1 Å². The zero-order valence-corrected chi connectivity index (χ0v) is 7.17. The predicted molar refractivity (Wildman–Crippen MR) is 44.9 cm³/mol. The highest BCUT2D eigenvalue weighted by Gasteiger charge is 2.22. The first-order valence-electron chi connectivity index (χ1n) is 4.12. The molecule has 1 aliphatic heterocycles. The molecule has 2 amide bonds. The van der Waals surface area contributed by atoms with E-state index in [9.17, 15) is 9.59 Å². The van der Waals surface area contributed by atoms with Crippen molar-refractivity contribution in [2.45, 2.75) is 6.04 Å². The van der Waals surface area contributed by atoms with E-state index >= 15 is 0 Å². The molecule has 0 aromatic rings. The second kappa shape index (κ2) is 4.78. The van der Waals surface area contributed by atoms with Crippen LogP contribution in [-0.2, 0) is 9.59 Å². The van der Waals surface area contributed by atoms with Gasteiger partial charge in [-0.3, -0.25) is 14.9 Å². The Hall–Kier alpha value is -1.14. The Balaban J connectivity index is 2.27. The lowest BCUT2D eigenvalue weighted by atomic mass is 10.2. The number of amides is 2. The van der Waals surface area contributed by atoms with E-state index in [1.807, 2.05) is 0 Å². The van der Waals surface area contributed by atoms with E-state index in [1.54, 1.807) is 0 Å². The van der Waals surface area contributed by atoms with Crippen LogP contribution in [0.4, 0.5) is 0 Å². The van der Waals surface area contributed by atoms with Crippen LogP contribution in [-0.4, -0.2) is 49.2 Å². The number of hydrogen-bond acceptors (Lipinski definition) is 4. The Morgan fingerprint density at radius 1 is 1.69 bits per heavy atom. The van der Waals surface area contributed by atoms with E-state index in [4.69, 9.17) is 5.11 Å². The number of carbonyl (C=O) groups excluding carboxylic acids is 2. The summed E-state index contributed by atoms with van der Waals surface area (Å²) in [6, 6.07) is -0.385. The summed E-state index contributed by atoms with van der Waals surface area (Å²) in [5.41, 5.74) is 0. The number of hydrogen-bond donors (Lipinski definition) is 4. The van der Waals surface area contributed by atoms with Gasteiger partial charge in [-0.25, -0.2) is 0 Å². The molecule has 6 heteroatoms. The summed E-state index contributed by atoms with van der Waals surface area (Å²) in [6.45, 7) is 0.628. The summed E-state index contributed by atoms with van der Waals surface area (Å²) >= 11 is 0. The second-order valence-electron chi connectivity index (χ2n) is 2.75. The van der Waals surface area contributed by atoms with Gasteiger partial charge in [0.2, 0.25) is 11.8 Å². The first-order valence-corrected chi connectivity index (χ1v) is 4.12. The molecule has 4 N–H and O–H groups in total. The molecule has 6 nitrogen and oxygen atoms in total. The fourth-order valence-electron chi connectivity index (χ4n) is 1.05. The van der Waals surface area contributed by atoms with E-state index in [1.165, 1.54) is 0 Å². The zero-order chi connectivity index (χ0) is 9.68. The highest BCUT2D eigenvalue weighted by molar-refractivity contribution is 5.86. The second-order valence-corrected chi connectivity index (χ2v) is 2.75. The van der Waals surface area contributed by atoms with Gasteiger partial charge >= 0.3 is 0 Å². The van der Waals surface area contributed by atoms with Crippen molar-refractivity contribution in [2.24, 2.45) is 0 Å². The lowest BCUT2D eigenvalue weighted by Crippen LogP contribution is -2.58. The van der Waals surface area contributed by atoms with Gasteiger partial charge in [-0.15, -0.1) is 0 Å². The number of carbonyl (C=O) groups is 2. The van der Waals surface area contributed by atoms with E-state index in [2.05, 4.69) is 16.0 Å². The number of aliphatic hydroxyl groups is 1. The molecule has 74 valence electrons. The van der Waals surface area contributed by atoms with Gasteiger partial charge in [0.05, 0.1) is 13.2 Å². The molecule has 1 rings (SSSR count).